The normalized spacial score (nSPS) is 20.2. The summed E-state index contributed by atoms with van der Waals surface area (Å²) in [6.45, 7) is 5.47. The second-order valence-electron chi connectivity index (χ2n) is 9.15. The predicted molar refractivity (Wildman–Crippen MR) is 128 cm³/mol. The molecule has 3 aliphatic rings. The average Bonchev–Trinajstić information content (AvgIpc) is 3.43. The van der Waals surface area contributed by atoms with Crippen LogP contribution < -0.4 is 16.4 Å². The average molecular weight is 470 g/mol. The topological polar surface area (TPSA) is 81.4 Å². The van der Waals surface area contributed by atoms with Gasteiger partial charge in [0, 0.05) is 55.0 Å². The third kappa shape index (κ3) is 4.12. The highest BCUT2D eigenvalue weighted by Crippen LogP contribution is 2.25. The first kappa shape index (κ1) is 22.3. The minimum atomic E-state index is -0.0333. The first-order valence-electron chi connectivity index (χ1n) is 11.4. The number of rotatable bonds is 5. The summed E-state index contributed by atoms with van der Waals surface area (Å²) in [6.07, 6.45) is 4.06. The Labute approximate surface area is 197 Å². The number of hydrogen-bond acceptors (Lipinski definition) is 6. The van der Waals surface area contributed by atoms with E-state index in [2.05, 4.69) is 21.3 Å². The Morgan fingerprint density at radius 1 is 1.03 bits per heavy atom. The van der Waals surface area contributed by atoms with Gasteiger partial charge in [-0.2, -0.15) is 0 Å². The summed E-state index contributed by atoms with van der Waals surface area (Å²) in [5, 5.41) is 4.61. The van der Waals surface area contributed by atoms with Crippen molar-refractivity contribution in [1.29, 1.82) is 0 Å². The van der Waals surface area contributed by atoms with E-state index in [1.165, 1.54) is 11.1 Å². The van der Waals surface area contributed by atoms with E-state index in [0.717, 1.165) is 55.7 Å². The number of fused-ring (bicyclic) bond motifs is 1. The van der Waals surface area contributed by atoms with Crippen molar-refractivity contribution in [2.45, 2.75) is 51.2 Å². The summed E-state index contributed by atoms with van der Waals surface area (Å²) in [4.78, 5) is 31.9. The smallest absolute Gasteiger partial charge is 0.252 e. The van der Waals surface area contributed by atoms with Crippen LogP contribution in [0.5, 0.6) is 0 Å². The van der Waals surface area contributed by atoms with Crippen molar-refractivity contribution < 1.29 is 4.74 Å². The van der Waals surface area contributed by atoms with Crippen LogP contribution >= 0.6 is 12.4 Å². The van der Waals surface area contributed by atoms with E-state index < -0.39 is 0 Å². The van der Waals surface area contributed by atoms with E-state index in [4.69, 9.17) is 4.74 Å². The molecule has 9 heteroatoms. The summed E-state index contributed by atoms with van der Waals surface area (Å²) < 4.78 is 9.06. The molecular formula is C24H28ClN5O3. The fourth-order valence-corrected chi connectivity index (χ4v) is 5.37. The molecule has 3 aromatic heterocycles. The minimum absolute atomic E-state index is 0. The Morgan fingerprint density at radius 3 is 2.61 bits per heavy atom. The lowest BCUT2D eigenvalue weighted by atomic mass is 10.0. The van der Waals surface area contributed by atoms with Gasteiger partial charge in [-0.3, -0.25) is 23.7 Å². The molecule has 0 spiro atoms. The summed E-state index contributed by atoms with van der Waals surface area (Å²) in [5.41, 5.74) is 4.23. The Hall–Kier alpha value is -2.52. The van der Waals surface area contributed by atoms with Crippen molar-refractivity contribution in [1.82, 2.24) is 24.3 Å². The second-order valence-corrected chi connectivity index (χ2v) is 9.15. The van der Waals surface area contributed by atoms with E-state index in [0.29, 0.717) is 25.8 Å². The van der Waals surface area contributed by atoms with Crippen molar-refractivity contribution in [3.63, 3.8) is 0 Å². The van der Waals surface area contributed by atoms with Gasteiger partial charge in [-0.05, 0) is 49.7 Å². The number of halogens is 1. The first-order chi connectivity index (χ1) is 15.7. The third-order valence-corrected chi connectivity index (χ3v) is 7.10. The van der Waals surface area contributed by atoms with Crippen LogP contribution in [-0.4, -0.2) is 44.7 Å². The van der Waals surface area contributed by atoms with Gasteiger partial charge in [-0.15, -0.1) is 12.4 Å². The zero-order valence-electron chi connectivity index (χ0n) is 18.4. The van der Waals surface area contributed by atoms with Gasteiger partial charge in [0.2, 0.25) is 0 Å². The van der Waals surface area contributed by atoms with Crippen LogP contribution in [0.25, 0.3) is 11.0 Å². The van der Waals surface area contributed by atoms with Gasteiger partial charge >= 0.3 is 0 Å². The molecule has 0 saturated carbocycles. The molecule has 1 saturated heterocycles. The summed E-state index contributed by atoms with van der Waals surface area (Å²) in [6, 6.07) is 9.46. The molecular weight excluding hydrogens is 442 g/mol. The van der Waals surface area contributed by atoms with Crippen molar-refractivity contribution in [2.75, 3.05) is 19.6 Å². The monoisotopic (exact) mass is 469 g/mol. The Bertz CT molecular complexity index is 1290. The molecule has 33 heavy (non-hydrogen) atoms. The fourth-order valence-electron chi connectivity index (χ4n) is 5.37. The molecule has 1 N–H and O–H groups in total. The zero-order valence-corrected chi connectivity index (χ0v) is 19.2. The molecule has 6 rings (SSSR count). The molecule has 0 amide bonds. The lowest BCUT2D eigenvalue weighted by Gasteiger charge is -2.34. The fraction of sp³-hybridized carbons (Fsp3) is 0.458. The van der Waals surface area contributed by atoms with Crippen LogP contribution in [0, 0.1) is 0 Å². The molecule has 3 aromatic rings. The van der Waals surface area contributed by atoms with Crippen LogP contribution in [0.15, 0.2) is 46.1 Å². The molecule has 174 valence electrons. The minimum Gasteiger partial charge on any atom is -0.372 e. The maximum absolute atomic E-state index is 12.6. The molecule has 0 bridgehead atoms. The van der Waals surface area contributed by atoms with Crippen LogP contribution in [-0.2, 0) is 31.0 Å². The summed E-state index contributed by atoms with van der Waals surface area (Å²) >= 11 is 0. The molecule has 3 aliphatic heterocycles. The van der Waals surface area contributed by atoms with Gasteiger partial charge in [-0.25, -0.2) is 0 Å². The summed E-state index contributed by atoms with van der Waals surface area (Å²) in [5.74, 6) is 0. The highest BCUT2D eigenvalue weighted by molar-refractivity contribution is 5.85. The number of hydrogen-bond donors (Lipinski definition) is 1. The van der Waals surface area contributed by atoms with Gasteiger partial charge in [-0.1, -0.05) is 0 Å². The number of likely N-dealkylation sites (tertiary alicyclic amines) is 1. The quantitative estimate of drug-likeness (QED) is 0.614. The molecule has 0 radical (unpaired) electrons. The van der Waals surface area contributed by atoms with Crippen molar-refractivity contribution in [3.05, 3.63) is 74.1 Å². The predicted octanol–water partition coefficient (Wildman–Crippen LogP) is 1.82. The Morgan fingerprint density at radius 2 is 1.79 bits per heavy atom. The van der Waals surface area contributed by atoms with Gasteiger partial charge in [0.25, 0.3) is 11.1 Å². The molecule has 1 fully saturated rings. The van der Waals surface area contributed by atoms with E-state index >= 15 is 0 Å². The van der Waals surface area contributed by atoms with Crippen molar-refractivity contribution >= 4 is 23.4 Å². The van der Waals surface area contributed by atoms with E-state index in [-0.39, 0.29) is 29.6 Å². The Kier molecular flexibility index (Phi) is 6.09. The molecule has 0 unspecified atom stereocenters. The molecule has 0 aromatic carbocycles. The SMILES string of the molecule is Cl.O=c1ccc2ccc(=O)n3c2n1C[C@H]3CN1CCC(NCc2cc3c(cn2)COC3)CC1. The number of aromatic nitrogens is 3. The zero-order chi connectivity index (χ0) is 21.7. The molecule has 6 heterocycles. The van der Waals surface area contributed by atoms with Gasteiger partial charge in [0.05, 0.1) is 24.9 Å². The summed E-state index contributed by atoms with van der Waals surface area (Å²) in [7, 11) is 0. The van der Waals surface area contributed by atoms with Crippen LogP contribution in [0.2, 0.25) is 0 Å². The number of ether oxygens (including phenoxy) is 1. The third-order valence-electron chi connectivity index (χ3n) is 7.10. The standard InChI is InChI=1S/C24H27N5O3.ClH/c30-22-3-1-16-2-4-23(31)29-21(13-28(22)24(16)29)12-27-7-5-19(6-8-27)26-11-20-9-17-14-32-15-18(17)10-25-20;/h1-4,9-10,19,21,26H,5-8,11-15H2;1H/t21-;/m1./s1. The first-order valence-corrected chi connectivity index (χ1v) is 11.4. The second kappa shape index (κ2) is 9.02. The highest BCUT2D eigenvalue weighted by atomic mass is 35.5. The van der Waals surface area contributed by atoms with E-state index in [1.54, 1.807) is 16.7 Å². The van der Waals surface area contributed by atoms with Crippen LogP contribution in [0.3, 0.4) is 0 Å². The van der Waals surface area contributed by atoms with Gasteiger partial charge in [0.1, 0.15) is 5.65 Å². The van der Waals surface area contributed by atoms with Gasteiger partial charge in [0.15, 0.2) is 0 Å². The van der Waals surface area contributed by atoms with Crippen molar-refractivity contribution in [3.8, 4) is 0 Å². The lowest BCUT2D eigenvalue weighted by Crippen LogP contribution is -2.44. The maximum atomic E-state index is 12.6. The Balaban J connectivity index is 0.00000228. The van der Waals surface area contributed by atoms with Crippen LogP contribution in [0.1, 0.15) is 35.7 Å². The van der Waals surface area contributed by atoms with Gasteiger partial charge < -0.3 is 15.0 Å². The molecule has 8 nitrogen and oxygen atoms in total. The van der Waals surface area contributed by atoms with Crippen LogP contribution in [0.4, 0.5) is 0 Å². The number of nitrogens with zero attached hydrogens (tertiary/aromatic N) is 4. The number of nitrogens with one attached hydrogen (secondary N) is 1. The van der Waals surface area contributed by atoms with E-state index in [9.17, 15) is 9.59 Å². The molecule has 0 aliphatic carbocycles. The maximum Gasteiger partial charge on any atom is 0.252 e. The number of pyridine rings is 3. The largest absolute Gasteiger partial charge is 0.372 e. The lowest BCUT2D eigenvalue weighted by molar-refractivity contribution is 0.134. The highest BCUT2D eigenvalue weighted by Gasteiger charge is 2.29. The van der Waals surface area contributed by atoms with Crippen molar-refractivity contribution in [2.24, 2.45) is 0 Å². The molecule has 1 atom stereocenters. The van der Waals surface area contributed by atoms with E-state index in [1.807, 2.05) is 22.9 Å². The number of piperidine rings is 1.